The molecule has 0 spiro atoms. The SMILES string of the molecule is c1ccc(-c2ccc3c(c2)sc2c(-c4ccccc4)ccc(N(c4ccc(-c5ccc6ccc7ccccc7c6c5)cc4)c4cccc5sc6ccccc6c45)c23)cc1. The van der Waals surface area contributed by atoms with Gasteiger partial charge < -0.3 is 4.90 Å². The first-order valence-corrected chi connectivity index (χ1v) is 21.7. The quantitative estimate of drug-likeness (QED) is 0.152. The molecule has 12 rings (SSSR count). The minimum atomic E-state index is 1.12. The predicted octanol–water partition coefficient (Wildman–Crippen LogP) is 17.2. The summed E-state index contributed by atoms with van der Waals surface area (Å²) in [5.41, 5.74) is 10.8. The highest BCUT2D eigenvalue weighted by Crippen LogP contribution is 2.51. The van der Waals surface area contributed by atoms with Crippen molar-refractivity contribution in [3.63, 3.8) is 0 Å². The summed E-state index contributed by atoms with van der Waals surface area (Å²) >= 11 is 3.77. The third-order valence-corrected chi connectivity index (χ3v) is 14.2. The fourth-order valence-electron chi connectivity index (χ4n) is 9.04. The lowest BCUT2D eigenvalue weighted by Gasteiger charge is -2.28. The molecule has 10 aromatic carbocycles. The Morgan fingerprint density at radius 2 is 0.898 bits per heavy atom. The van der Waals surface area contributed by atoms with Gasteiger partial charge >= 0.3 is 0 Å². The molecule has 0 N–H and O–H groups in total. The van der Waals surface area contributed by atoms with Crippen LogP contribution in [0.5, 0.6) is 0 Å². The van der Waals surface area contributed by atoms with Crippen LogP contribution in [0.2, 0.25) is 0 Å². The van der Waals surface area contributed by atoms with Crippen molar-refractivity contribution < 1.29 is 0 Å². The lowest BCUT2D eigenvalue weighted by molar-refractivity contribution is 1.32. The smallest absolute Gasteiger partial charge is 0.0555 e. The van der Waals surface area contributed by atoms with E-state index in [9.17, 15) is 0 Å². The van der Waals surface area contributed by atoms with Crippen LogP contribution in [0.1, 0.15) is 0 Å². The van der Waals surface area contributed by atoms with E-state index in [0.717, 1.165) is 5.69 Å². The van der Waals surface area contributed by atoms with Crippen molar-refractivity contribution in [3.05, 3.63) is 212 Å². The lowest BCUT2D eigenvalue weighted by Crippen LogP contribution is -2.11. The van der Waals surface area contributed by atoms with Crippen LogP contribution < -0.4 is 4.90 Å². The van der Waals surface area contributed by atoms with Gasteiger partial charge in [-0.2, -0.15) is 0 Å². The van der Waals surface area contributed by atoms with Crippen molar-refractivity contribution in [2.75, 3.05) is 4.90 Å². The minimum Gasteiger partial charge on any atom is -0.309 e. The number of rotatable bonds is 6. The molecule has 3 heteroatoms. The second kappa shape index (κ2) is 13.8. The van der Waals surface area contributed by atoms with Crippen molar-refractivity contribution in [3.8, 4) is 33.4 Å². The second-order valence-electron chi connectivity index (χ2n) is 15.2. The van der Waals surface area contributed by atoms with Gasteiger partial charge in [0.15, 0.2) is 0 Å². The molecule has 0 bridgehead atoms. The van der Waals surface area contributed by atoms with Gasteiger partial charge in [0.2, 0.25) is 0 Å². The van der Waals surface area contributed by atoms with E-state index < -0.39 is 0 Å². The fraction of sp³-hybridized carbons (Fsp3) is 0. The van der Waals surface area contributed by atoms with Crippen LogP contribution in [0.15, 0.2) is 212 Å². The van der Waals surface area contributed by atoms with Crippen LogP contribution in [0.3, 0.4) is 0 Å². The molecule has 0 unspecified atom stereocenters. The Morgan fingerprint density at radius 3 is 1.73 bits per heavy atom. The van der Waals surface area contributed by atoms with E-state index in [0.29, 0.717) is 0 Å². The van der Waals surface area contributed by atoms with E-state index in [4.69, 9.17) is 0 Å². The molecule has 0 aliphatic rings. The molecule has 0 aliphatic carbocycles. The molecular weight excluding hydrogens is 751 g/mol. The third kappa shape index (κ3) is 5.66. The van der Waals surface area contributed by atoms with Crippen LogP contribution in [-0.2, 0) is 0 Å². The summed E-state index contributed by atoms with van der Waals surface area (Å²) in [6, 6.07) is 78.2. The normalized spacial score (nSPS) is 11.7. The van der Waals surface area contributed by atoms with Crippen LogP contribution in [0, 0.1) is 0 Å². The number of benzene rings is 10. The Morgan fingerprint density at radius 1 is 0.305 bits per heavy atom. The van der Waals surface area contributed by atoms with Gasteiger partial charge in [0.25, 0.3) is 0 Å². The average Bonchev–Trinajstić information content (AvgIpc) is 3.89. The summed E-state index contributed by atoms with van der Waals surface area (Å²) in [4.78, 5) is 2.52. The molecule has 0 radical (unpaired) electrons. The largest absolute Gasteiger partial charge is 0.309 e. The lowest BCUT2D eigenvalue weighted by atomic mass is 9.96. The highest BCUT2D eigenvalue weighted by molar-refractivity contribution is 7.26. The number of anilines is 3. The molecule has 2 aromatic heterocycles. The Hall–Kier alpha value is -7.04. The summed E-state index contributed by atoms with van der Waals surface area (Å²) in [5, 5.41) is 10.2. The van der Waals surface area contributed by atoms with Gasteiger partial charge in [0.05, 0.1) is 11.4 Å². The van der Waals surface area contributed by atoms with Crippen LogP contribution in [0.4, 0.5) is 17.1 Å². The molecule has 1 nitrogen and oxygen atoms in total. The Kier molecular flexibility index (Phi) is 7.97. The highest BCUT2D eigenvalue weighted by Gasteiger charge is 2.24. The van der Waals surface area contributed by atoms with Crippen LogP contribution >= 0.6 is 22.7 Å². The van der Waals surface area contributed by atoms with Gasteiger partial charge in [-0.15, -0.1) is 22.7 Å². The fourth-order valence-corrected chi connectivity index (χ4v) is 11.5. The molecule has 12 aromatic rings. The molecular formula is C56H35NS2. The van der Waals surface area contributed by atoms with E-state index in [1.807, 2.05) is 22.7 Å². The number of nitrogens with zero attached hydrogens (tertiary/aromatic N) is 1. The molecule has 2 heterocycles. The first-order valence-electron chi connectivity index (χ1n) is 20.1. The van der Waals surface area contributed by atoms with Crippen LogP contribution in [0.25, 0.3) is 95.3 Å². The summed E-state index contributed by atoms with van der Waals surface area (Å²) in [7, 11) is 0. The topological polar surface area (TPSA) is 3.24 Å². The molecule has 0 saturated carbocycles. The number of hydrogen-bond donors (Lipinski definition) is 0. The number of fused-ring (bicyclic) bond motifs is 9. The summed E-state index contributed by atoms with van der Waals surface area (Å²) in [5.74, 6) is 0. The van der Waals surface area contributed by atoms with Crippen molar-refractivity contribution in [2.24, 2.45) is 0 Å². The van der Waals surface area contributed by atoms with Gasteiger partial charge in [-0.3, -0.25) is 0 Å². The molecule has 59 heavy (non-hydrogen) atoms. The Balaban J connectivity index is 1.10. The monoisotopic (exact) mass is 785 g/mol. The summed E-state index contributed by atoms with van der Waals surface area (Å²) < 4.78 is 5.16. The van der Waals surface area contributed by atoms with Gasteiger partial charge in [0, 0.05) is 46.0 Å². The minimum absolute atomic E-state index is 1.12. The molecule has 0 amide bonds. The van der Waals surface area contributed by atoms with Gasteiger partial charge in [-0.05, 0) is 103 Å². The van der Waals surface area contributed by atoms with Crippen molar-refractivity contribution >= 4 is 102 Å². The zero-order valence-electron chi connectivity index (χ0n) is 32.0. The van der Waals surface area contributed by atoms with Gasteiger partial charge in [-0.25, -0.2) is 0 Å². The molecule has 0 fully saturated rings. The highest BCUT2D eigenvalue weighted by atomic mass is 32.1. The maximum absolute atomic E-state index is 2.52. The first-order chi connectivity index (χ1) is 29.2. The molecule has 0 aliphatic heterocycles. The van der Waals surface area contributed by atoms with E-state index >= 15 is 0 Å². The number of hydrogen-bond acceptors (Lipinski definition) is 3. The third-order valence-electron chi connectivity index (χ3n) is 11.9. The first kappa shape index (κ1) is 34.0. The van der Waals surface area contributed by atoms with Crippen molar-refractivity contribution in [1.82, 2.24) is 0 Å². The van der Waals surface area contributed by atoms with Crippen molar-refractivity contribution in [2.45, 2.75) is 0 Å². The zero-order valence-corrected chi connectivity index (χ0v) is 33.6. The molecule has 0 atom stereocenters. The summed E-state index contributed by atoms with van der Waals surface area (Å²) in [6.07, 6.45) is 0. The van der Waals surface area contributed by atoms with E-state index in [1.165, 1.54) is 107 Å². The molecule has 276 valence electrons. The predicted molar refractivity (Wildman–Crippen MR) is 258 cm³/mol. The van der Waals surface area contributed by atoms with Crippen LogP contribution in [-0.4, -0.2) is 0 Å². The summed E-state index contributed by atoms with van der Waals surface area (Å²) in [6.45, 7) is 0. The van der Waals surface area contributed by atoms with E-state index in [-0.39, 0.29) is 0 Å². The van der Waals surface area contributed by atoms with E-state index in [2.05, 4.69) is 217 Å². The zero-order chi connectivity index (χ0) is 38.9. The number of thiophene rings is 2. The van der Waals surface area contributed by atoms with E-state index in [1.54, 1.807) is 0 Å². The maximum Gasteiger partial charge on any atom is 0.0555 e. The van der Waals surface area contributed by atoms with Gasteiger partial charge in [0.1, 0.15) is 0 Å². The second-order valence-corrected chi connectivity index (χ2v) is 17.4. The molecule has 0 saturated heterocycles. The average molecular weight is 786 g/mol. The maximum atomic E-state index is 2.52. The van der Waals surface area contributed by atoms with Crippen molar-refractivity contribution in [1.29, 1.82) is 0 Å². The Bertz CT molecular complexity index is 3540. The Labute approximate surface area is 350 Å². The standard InChI is InChI=1S/C56H35NS2/c1-3-12-36(13-4-1)42-28-31-47-53(35-42)59-56-45(38-14-5-2-6-15-38)32-33-50(55(47)56)57(49-19-11-21-52-54(49)46-18-9-10-20-51(46)58-52)43-29-26-37(27-30-43)41-25-24-40-23-22-39-16-7-8-17-44(39)48(40)34-41/h1-35H. The van der Waals surface area contributed by atoms with Gasteiger partial charge in [-0.1, -0.05) is 164 Å².